The Morgan fingerprint density at radius 2 is 2.33 bits per heavy atom. The number of aryl methyl sites for hydroxylation is 1. The summed E-state index contributed by atoms with van der Waals surface area (Å²) in [6, 6.07) is 3.27. The lowest BCUT2D eigenvalue weighted by Gasteiger charge is -2.29. The van der Waals surface area contributed by atoms with Gasteiger partial charge < -0.3 is 15.8 Å². The molecule has 2 atom stereocenters. The number of nitrogens with two attached hydrogens (primary N) is 1. The van der Waals surface area contributed by atoms with Gasteiger partial charge in [0.05, 0.1) is 0 Å². The van der Waals surface area contributed by atoms with Crippen LogP contribution in [0.15, 0.2) is 12.1 Å². The highest BCUT2D eigenvalue weighted by molar-refractivity contribution is 5.93. The molecule has 5 heteroatoms. The molecule has 2 rings (SSSR count). The molecule has 0 saturated carbocycles. The molecule has 5 nitrogen and oxygen atoms in total. The van der Waals surface area contributed by atoms with Gasteiger partial charge >= 0.3 is 0 Å². The Balaban J connectivity index is 2.15. The summed E-state index contributed by atoms with van der Waals surface area (Å²) in [6.07, 6.45) is 1.17. The molecule has 0 spiro atoms. The van der Waals surface area contributed by atoms with E-state index in [2.05, 4.69) is 17.2 Å². The molecule has 1 aliphatic heterocycles. The maximum Gasteiger partial charge on any atom is 0.248 e. The van der Waals surface area contributed by atoms with Crippen LogP contribution >= 0.6 is 0 Å². The van der Waals surface area contributed by atoms with Gasteiger partial charge in [-0.3, -0.25) is 4.79 Å². The summed E-state index contributed by atoms with van der Waals surface area (Å²) in [7, 11) is 0. The van der Waals surface area contributed by atoms with Gasteiger partial charge in [0.15, 0.2) is 0 Å². The zero-order chi connectivity index (χ0) is 13.1. The van der Waals surface area contributed by atoms with Crippen LogP contribution in [0.2, 0.25) is 0 Å². The Labute approximate surface area is 107 Å². The highest BCUT2D eigenvalue weighted by Gasteiger charge is 2.23. The zero-order valence-corrected chi connectivity index (χ0v) is 10.8. The predicted molar refractivity (Wildman–Crippen MR) is 68.6 cm³/mol. The van der Waals surface area contributed by atoms with Crippen molar-refractivity contribution in [1.82, 2.24) is 10.3 Å². The summed E-state index contributed by atoms with van der Waals surface area (Å²) in [5.74, 6) is 0.495. The van der Waals surface area contributed by atoms with Crippen LogP contribution in [-0.4, -0.2) is 30.1 Å². The third-order valence-corrected chi connectivity index (χ3v) is 3.24. The van der Waals surface area contributed by atoms with Crippen molar-refractivity contribution in [3.63, 3.8) is 0 Å². The van der Waals surface area contributed by atoms with Gasteiger partial charge in [-0.2, -0.15) is 0 Å². The summed E-state index contributed by atoms with van der Waals surface area (Å²) in [6.45, 7) is 5.82. The van der Waals surface area contributed by atoms with E-state index < -0.39 is 5.91 Å². The smallest absolute Gasteiger partial charge is 0.248 e. The third kappa shape index (κ3) is 2.98. The minimum absolute atomic E-state index is 0.0915. The molecule has 1 saturated heterocycles. The van der Waals surface area contributed by atoms with Crippen molar-refractivity contribution < 1.29 is 9.53 Å². The molecule has 0 aliphatic carbocycles. The molecule has 1 aliphatic rings. The number of nitrogens with one attached hydrogen (secondary N) is 1. The van der Waals surface area contributed by atoms with Crippen LogP contribution in [0.5, 0.6) is 5.88 Å². The molecule has 0 aromatic carbocycles. The fraction of sp³-hybridized carbons (Fsp3) is 0.538. The summed E-state index contributed by atoms with van der Waals surface area (Å²) >= 11 is 0. The van der Waals surface area contributed by atoms with Crippen LogP contribution in [0.4, 0.5) is 0 Å². The highest BCUT2D eigenvalue weighted by atomic mass is 16.5. The Hall–Kier alpha value is -1.62. The van der Waals surface area contributed by atoms with Crippen molar-refractivity contribution in [3.8, 4) is 5.88 Å². The quantitative estimate of drug-likeness (QED) is 0.833. The molecule has 0 bridgehead atoms. The number of aromatic nitrogens is 1. The normalized spacial score (nSPS) is 23.7. The fourth-order valence-electron chi connectivity index (χ4n) is 2.11. The fourth-order valence-corrected chi connectivity index (χ4v) is 2.11. The van der Waals surface area contributed by atoms with E-state index in [1.165, 1.54) is 0 Å². The number of nitrogens with zero attached hydrogens (tertiary/aromatic N) is 1. The van der Waals surface area contributed by atoms with Gasteiger partial charge in [0.2, 0.25) is 11.8 Å². The maximum absolute atomic E-state index is 11.2. The topological polar surface area (TPSA) is 77.2 Å². The highest BCUT2D eigenvalue weighted by Crippen LogP contribution is 2.19. The molecule has 1 amide bonds. The van der Waals surface area contributed by atoms with Crippen molar-refractivity contribution >= 4 is 5.91 Å². The van der Waals surface area contributed by atoms with Crippen LogP contribution in [-0.2, 0) is 0 Å². The van der Waals surface area contributed by atoms with Crippen LogP contribution in [0.1, 0.15) is 29.4 Å². The zero-order valence-electron chi connectivity index (χ0n) is 10.8. The monoisotopic (exact) mass is 249 g/mol. The van der Waals surface area contributed by atoms with Crippen molar-refractivity contribution in [1.29, 1.82) is 0 Å². The first-order valence-electron chi connectivity index (χ1n) is 6.22. The van der Waals surface area contributed by atoms with Gasteiger partial charge in [0.1, 0.15) is 6.10 Å². The number of carbonyl (C=O) groups excluding carboxylic acids is 1. The van der Waals surface area contributed by atoms with Crippen LogP contribution in [0, 0.1) is 12.8 Å². The first-order valence-corrected chi connectivity index (χ1v) is 6.22. The molecule has 2 unspecified atom stereocenters. The standard InChI is InChI=1S/C13H19N3O2/c1-8-3-4-15-7-11(8)18-12-6-10(13(14)17)5-9(2)16-12/h5-6,8,11,15H,3-4,7H2,1-2H3,(H2,14,17). The van der Waals surface area contributed by atoms with Crippen molar-refractivity contribution in [3.05, 3.63) is 23.4 Å². The molecule has 18 heavy (non-hydrogen) atoms. The minimum Gasteiger partial charge on any atom is -0.473 e. The molecule has 1 aromatic heterocycles. The number of pyridine rings is 1. The van der Waals surface area contributed by atoms with Crippen LogP contribution in [0.25, 0.3) is 0 Å². The second kappa shape index (κ2) is 5.35. The molecule has 3 N–H and O–H groups in total. The molecule has 1 fully saturated rings. The van der Waals surface area contributed by atoms with E-state index in [9.17, 15) is 4.79 Å². The Bertz CT molecular complexity index is 448. The number of piperidine rings is 1. The maximum atomic E-state index is 11.2. The van der Waals surface area contributed by atoms with Crippen molar-refractivity contribution in [2.45, 2.75) is 26.4 Å². The lowest BCUT2D eigenvalue weighted by molar-refractivity contribution is 0.0992. The number of carbonyl (C=O) groups is 1. The first kappa shape index (κ1) is 12.8. The van der Waals surface area contributed by atoms with Gasteiger partial charge in [0.25, 0.3) is 0 Å². The summed E-state index contributed by atoms with van der Waals surface area (Å²) in [5, 5.41) is 3.29. The largest absolute Gasteiger partial charge is 0.473 e. The van der Waals surface area contributed by atoms with Crippen molar-refractivity contribution in [2.24, 2.45) is 11.7 Å². The van der Waals surface area contributed by atoms with Crippen molar-refractivity contribution in [2.75, 3.05) is 13.1 Å². The van der Waals surface area contributed by atoms with E-state index in [-0.39, 0.29) is 6.10 Å². The van der Waals surface area contributed by atoms with Gasteiger partial charge in [-0.15, -0.1) is 0 Å². The lowest BCUT2D eigenvalue weighted by Crippen LogP contribution is -2.43. The second-order valence-electron chi connectivity index (χ2n) is 4.83. The van der Waals surface area contributed by atoms with E-state index in [0.717, 1.165) is 25.2 Å². The summed E-state index contributed by atoms with van der Waals surface area (Å²) < 4.78 is 5.86. The Morgan fingerprint density at radius 1 is 1.56 bits per heavy atom. The number of primary amides is 1. The van der Waals surface area contributed by atoms with Gasteiger partial charge in [0, 0.05) is 23.9 Å². The van der Waals surface area contributed by atoms with E-state index in [1.54, 1.807) is 12.1 Å². The molecule has 2 heterocycles. The number of ether oxygens (including phenoxy) is 1. The van der Waals surface area contributed by atoms with E-state index >= 15 is 0 Å². The number of hydrogen-bond donors (Lipinski definition) is 2. The van der Waals surface area contributed by atoms with Crippen LogP contribution in [0.3, 0.4) is 0 Å². The lowest BCUT2D eigenvalue weighted by atomic mass is 9.97. The molecular weight excluding hydrogens is 230 g/mol. The van der Waals surface area contributed by atoms with Gasteiger partial charge in [-0.25, -0.2) is 4.98 Å². The number of amides is 1. The van der Waals surface area contributed by atoms with Crippen LogP contribution < -0.4 is 15.8 Å². The average Bonchev–Trinajstić information content (AvgIpc) is 2.31. The summed E-state index contributed by atoms with van der Waals surface area (Å²) in [4.78, 5) is 15.5. The molecule has 0 radical (unpaired) electrons. The third-order valence-electron chi connectivity index (χ3n) is 3.24. The molecule has 98 valence electrons. The SMILES string of the molecule is Cc1cc(C(N)=O)cc(OC2CNCCC2C)n1. The average molecular weight is 249 g/mol. The van der Waals surface area contributed by atoms with E-state index in [0.29, 0.717) is 17.4 Å². The predicted octanol–water partition coefficient (Wildman–Crippen LogP) is 0.866. The van der Waals surface area contributed by atoms with E-state index in [4.69, 9.17) is 10.5 Å². The molecular formula is C13H19N3O2. The van der Waals surface area contributed by atoms with Gasteiger partial charge in [-0.05, 0) is 31.9 Å². The first-order chi connectivity index (χ1) is 8.56. The molecule has 1 aromatic rings. The number of rotatable bonds is 3. The Kier molecular flexibility index (Phi) is 3.81. The van der Waals surface area contributed by atoms with E-state index in [1.807, 2.05) is 6.92 Å². The minimum atomic E-state index is -0.458. The number of hydrogen-bond acceptors (Lipinski definition) is 4. The van der Waals surface area contributed by atoms with Gasteiger partial charge in [-0.1, -0.05) is 6.92 Å². The Morgan fingerprint density at radius 3 is 3.00 bits per heavy atom. The second-order valence-corrected chi connectivity index (χ2v) is 4.83. The summed E-state index contributed by atoms with van der Waals surface area (Å²) in [5.41, 5.74) is 6.45.